The summed E-state index contributed by atoms with van der Waals surface area (Å²) >= 11 is 0. The molecule has 0 saturated carbocycles. The predicted molar refractivity (Wildman–Crippen MR) is 78.4 cm³/mol. The molecule has 0 bridgehead atoms. The number of hydrogen-bond acceptors (Lipinski definition) is 6. The Bertz CT molecular complexity index is 410. The van der Waals surface area contributed by atoms with E-state index in [1.54, 1.807) is 0 Å². The number of nitrogens with two attached hydrogens (primary N) is 1. The third kappa shape index (κ3) is 3.24. The van der Waals surface area contributed by atoms with Gasteiger partial charge in [-0.1, -0.05) is 6.92 Å². The van der Waals surface area contributed by atoms with Gasteiger partial charge in [-0.25, -0.2) is 0 Å². The zero-order chi connectivity index (χ0) is 13.8. The average molecular weight is 264 g/mol. The molecule has 0 unspecified atom stereocenters. The van der Waals surface area contributed by atoms with Crippen molar-refractivity contribution >= 4 is 17.8 Å². The van der Waals surface area contributed by atoms with Crippen molar-refractivity contribution in [1.82, 2.24) is 15.0 Å². The molecule has 106 valence electrons. The van der Waals surface area contributed by atoms with E-state index in [4.69, 9.17) is 5.73 Å². The maximum absolute atomic E-state index is 5.83. The van der Waals surface area contributed by atoms with Crippen molar-refractivity contribution in [2.45, 2.75) is 33.6 Å². The molecule has 2 rings (SSSR count). The first-order valence-corrected chi connectivity index (χ1v) is 7.15. The van der Waals surface area contributed by atoms with Crippen LogP contribution in [0.15, 0.2) is 0 Å². The summed E-state index contributed by atoms with van der Waals surface area (Å²) < 4.78 is 0. The number of nitrogen functional groups attached to an aromatic ring is 1. The highest BCUT2D eigenvalue weighted by molar-refractivity contribution is 5.43. The van der Waals surface area contributed by atoms with Crippen LogP contribution < -0.4 is 15.5 Å². The third-order valence-electron chi connectivity index (χ3n) is 3.74. The van der Waals surface area contributed by atoms with Crippen LogP contribution in [0.4, 0.5) is 17.8 Å². The van der Waals surface area contributed by atoms with Gasteiger partial charge in [0.25, 0.3) is 0 Å². The highest BCUT2D eigenvalue weighted by atomic mass is 15.3. The molecule has 1 saturated heterocycles. The summed E-state index contributed by atoms with van der Waals surface area (Å²) in [6.07, 6.45) is 2.37. The minimum absolute atomic E-state index is 0.311. The van der Waals surface area contributed by atoms with Crippen molar-refractivity contribution in [1.29, 1.82) is 0 Å². The van der Waals surface area contributed by atoms with E-state index < -0.39 is 0 Å². The van der Waals surface area contributed by atoms with Crippen molar-refractivity contribution in [3.63, 3.8) is 0 Å². The third-order valence-corrected chi connectivity index (χ3v) is 3.74. The smallest absolute Gasteiger partial charge is 0.231 e. The molecule has 0 atom stereocenters. The van der Waals surface area contributed by atoms with Gasteiger partial charge in [-0.15, -0.1) is 0 Å². The van der Waals surface area contributed by atoms with E-state index in [1.807, 2.05) is 0 Å². The second kappa shape index (κ2) is 6.04. The van der Waals surface area contributed by atoms with Gasteiger partial charge in [-0.05, 0) is 32.6 Å². The van der Waals surface area contributed by atoms with Crippen LogP contribution in [-0.4, -0.2) is 41.1 Å². The SMILES string of the molecule is CCN(CC)c1nc(N)nc(N2CCC(C)CC2)n1. The highest BCUT2D eigenvalue weighted by Crippen LogP contribution is 2.21. The molecule has 0 radical (unpaired) electrons. The Morgan fingerprint density at radius 1 is 1.16 bits per heavy atom. The Morgan fingerprint density at radius 3 is 2.37 bits per heavy atom. The Labute approximate surface area is 115 Å². The maximum atomic E-state index is 5.83. The molecule has 0 amide bonds. The predicted octanol–water partition coefficient (Wildman–Crippen LogP) is 1.54. The van der Waals surface area contributed by atoms with E-state index in [2.05, 4.69) is 45.5 Å². The van der Waals surface area contributed by atoms with Crippen molar-refractivity contribution in [2.75, 3.05) is 41.7 Å². The normalized spacial score (nSPS) is 16.7. The van der Waals surface area contributed by atoms with Crippen molar-refractivity contribution in [2.24, 2.45) is 5.92 Å². The van der Waals surface area contributed by atoms with Gasteiger partial charge in [0.1, 0.15) is 0 Å². The fourth-order valence-corrected chi connectivity index (χ4v) is 2.37. The van der Waals surface area contributed by atoms with Crippen LogP contribution >= 0.6 is 0 Å². The van der Waals surface area contributed by atoms with Crippen molar-refractivity contribution in [3.05, 3.63) is 0 Å². The number of anilines is 3. The summed E-state index contributed by atoms with van der Waals surface area (Å²) in [5.41, 5.74) is 5.83. The number of nitrogens with zero attached hydrogens (tertiary/aromatic N) is 5. The van der Waals surface area contributed by atoms with Crippen LogP contribution in [0.2, 0.25) is 0 Å². The first-order valence-electron chi connectivity index (χ1n) is 7.15. The van der Waals surface area contributed by atoms with Gasteiger partial charge in [-0.2, -0.15) is 15.0 Å². The van der Waals surface area contributed by atoms with Crippen LogP contribution in [-0.2, 0) is 0 Å². The summed E-state index contributed by atoms with van der Waals surface area (Å²) in [5, 5.41) is 0. The molecule has 2 N–H and O–H groups in total. The minimum atomic E-state index is 0.311. The van der Waals surface area contributed by atoms with E-state index in [1.165, 1.54) is 12.8 Å². The van der Waals surface area contributed by atoms with Gasteiger partial charge < -0.3 is 15.5 Å². The topological polar surface area (TPSA) is 71.2 Å². The zero-order valence-electron chi connectivity index (χ0n) is 12.1. The quantitative estimate of drug-likeness (QED) is 0.889. The molecule has 0 aliphatic carbocycles. The molecule has 2 heterocycles. The van der Waals surface area contributed by atoms with Gasteiger partial charge in [-0.3, -0.25) is 0 Å². The highest BCUT2D eigenvalue weighted by Gasteiger charge is 2.20. The molecule has 6 heteroatoms. The van der Waals surface area contributed by atoms with E-state index in [9.17, 15) is 0 Å². The van der Waals surface area contributed by atoms with Crippen LogP contribution in [0.1, 0.15) is 33.6 Å². The summed E-state index contributed by atoms with van der Waals surface area (Å²) in [6, 6.07) is 0. The molecule has 1 aliphatic rings. The molecule has 0 aromatic carbocycles. The zero-order valence-corrected chi connectivity index (χ0v) is 12.1. The molecule has 1 aromatic heterocycles. The molecule has 19 heavy (non-hydrogen) atoms. The second-order valence-corrected chi connectivity index (χ2v) is 5.14. The standard InChI is InChI=1S/C13H24N6/c1-4-18(5-2)12-15-11(14)16-13(17-12)19-8-6-10(3)7-9-19/h10H,4-9H2,1-3H3,(H2,14,15,16,17). The minimum Gasteiger partial charge on any atom is -0.368 e. The largest absolute Gasteiger partial charge is 0.368 e. The van der Waals surface area contributed by atoms with Gasteiger partial charge in [0, 0.05) is 26.2 Å². The Hall–Kier alpha value is -1.59. The van der Waals surface area contributed by atoms with Gasteiger partial charge in [0.05, 0.1) is 0 Å². The Kier molecular flexibility index (Phi) is 4.39. The van der Waals surface area contributed by atoms with Crippen LogP contribution in [0, 0.1) is 5.92 Å². The number of piperidine rings is 1. The van der Waals surface area contributed by atoms with Crippen molar-refractivity contribution < 1.29 is 0 Å². The maximum Gasteiger partial charge on any atom is 0.231 e. The number of hydrogen-bond donors (Lipinski definition) is 1. The van der Waals surface area contributed by atoms with E-state index in [-0.39, 0.29) is 0 Å². The van der Waals surface area contributed by atoms with E-state index in [0.717, 1.165) is 38.0 Å². The molecule has 6 nitrogen and oxygen atoms in total. The summed E-state index contributed by atoms with van der Waals surface area (Å²) in [5.74, 6) is 2.51. The first kappa shape index (κ1) is 13.8. The molecular formula is C13H24N6. The lowest BCUT2D eigenvalue weighted by Gasteiger charge is -2.30. The molecular weight excluding hydrogens is 240 g/mol. The lowest BCUT2D eigenvalue weighted by molar-refractivity contribution is 0.434. The monoisotopic (exact) mass is 264 g/mol. The summed E-state index contributed by atoms with van der Waals surface area (Å²) in [4.78, 5) is 17.4. The van der Waals surface area contributed by atoms with Crippen LogP contribution in [0.5, 0.6) is 0 Å². The summed E-state index contributed by atoms with van der Waals surface area (Å²) in [7, 11) is 0. The molecule has 0 spiro atoms. The second-order valence-electron chi connectivity index (χ2n) is 5.14. The van der Waals surface area contributed by atoms with Crippen molar-refractivity contribution in [3.8, 4) is 0 Å². The Morgan fingerprint density at radius 2 is 1.79 bits per heavy atom. The van der Waals surface area contributed by atoms with E-state index in [0.29, 0.717) is 11.9 Å². The lowest BCUT2D eigenvalue weighted by atomic mass is 10.00. The molecule has 1 aliphatic heterocycles. The summed E-state index contributed by atoms with van der Waals surface area (Å²) in [6.45, 7) is 10.2. The molecule has 1 aromatic rings. The number of rotatable bonds is 4. The van der Waals surface area contributed by atoms with Gasteiger partial charge in [0.15, 0.2) is 0 Å². The average Bonchev–Trinajstić information content (AvgIpc) is 2.40. The fourth-order valence-electron chi connectivity index (χ4n) is 2.37. The van der Waals surface area contributed by atoms with Gasteiger partial charge in [0.2, 0.25) is 17.8 Å². The Balaban J connectivity index is 2.21. The van der Waals surface area contributed by atoms with Gasteiger partial charge >= 0.3 is 0 Å². The lowest BCUT2D eigenvalue weighted by Crippen LogP contribution is -2.35. The van der Waals surface area contributed by atoms with E-state index >= 15 is 0 Å². The number of aromatic nitrogens is 3. The van der Waals surface area contributed by atoms with Crippen LogP contribution in [0.25, 0.3) is 0 Å². The molecule has 1 fully saturated rings. The first-order chi connectivity index (χ1) is 9.13. The van der Waals surface area contributed by atoms with Crippen LogP contribution in [0.3, 0.4) is 0 Å². The fraction of sp³-hybridized carbons (Fsp3) is 0.769.